The molecule has 0 fully saturated rings. The van der Waals surface area contributed by atoms with Gasteiger partial charge in [0, 0.05) is 24.9 Å². The zero-order valence-corrected chi connectivity index (χ0v) is 11.6. The van der Waals surface area contributed by atoms with Crippen molar-refractivity contribution >= 4 is 17.2 Å². The van der Waals surface area contributed by atoms with Gasteiger partial charge in [0.25, 0.3) is 0 Å². The van der Waals surface area contributed by atoms with Gasteiger partial charge in [-0.1, -0.05) is 0 Å². The van der Waals surface area contributed by atoms with Gasteiger partial charge in [0.1, 0.15) is 0 Å². The lowest BCUT2D eigenvalue weighted by Crippen LogP contribution is -2.24. The van der Waals surface area contributed by atoms with E-state index in [1.54, 1.807) is 11.3 Å². The Bertz CT molecular complexity index is 514. The van der Waals surface area contributed by atoms with Crippen LogP contribution in [-0.2, 0) is 24.8 Å². The van der Waals surface area contributed by atoms with Crippen molar-refractivity contribution in [1.82, 2.24) is 9.88 Å². The quantitative estimate of drug-likeness (QED) is 0.883. The highest BCUT2D eigenvalue weighted by Gasteiger charge is 2.05. The van der Waals surface area contributed by atoms with Gasteiger partial charge in [-0.05, 0) is 47.9 Å². The first-order valence-corrected chi connectivity index (χ1v) is 7.00. The van der Waals surface area contributed by atoms with Crippen molar-refractivity contribution in [3.05, 3.63) is 45.9 Å². The van der Waals surface area contributed by atoms with E-state index in [1.165, 1.54) is 11.3 Å². The Kier molecular flexibility index (Phi) is 4.20. The van der Waals surface area contributed by atoms with Crippen molar-refractivity contribution in [2.24, 2.45) is 7.05 Å². The van der Waals surface area contributed by atoms with Crippen LogP contribution in [0.4, 0.5) is 0 Å². The standard InChI is InChI=1S/C14H18N2OS/c1-11-3-5-13(16(11)2)9-15-14(17)6-4-12-7-8-18-10-12/h3,5,7-8,10H,4,6,9H2,1-2H3,(H,15,17). The molecule has 2 aromatic heterocycles. The van der Waals surface area contributed by atoms with Crippen LogP contribution >= 0.6 is 11.3 Å². The molecule has 2 rings (SSSR count). The minimum absolute atomic E-state index is 0.111. The molecule has 1 amide bonds. The number of hydrogen-bond acceptors (Lipinski definition) is 2. The minimum Gasteiger partial charge on any atom is -0.351 e. The fourth-order valence-electron chi connectivity index (χ4n) is 1.81. The molecule has 2 heterocycles. The van der Waals surface area contributed by atoms with E-state index in [0.29, 0.717) is 13.0 Å². The van der Waals surface area contributed by atoms with Gasteiger partial charge in [0.05, 0.1) is 6.54 Å². The van der Waals surface area contributed by atoms with Crippen LogP contribution in [0.15, 0.2) is 29.0 Å². The molecule has 0 saturated carbocycles. The highest BCUT2D eigenvalue weighted by atomic mass is 32.1. The van der Waals surface area contributed by atoms with E-state index in [9.17, 15) is 4.79 Å². The topological polar surface area (TPSA) is 34.0 Å². The van der Waals surface area contributed by atoms with Gasteiger partial charge in [-0.25, -0.2) is 0 Å². The summed E-state index contributed by atoms with van der Waals surface area (Å²) in [6.45, 7) is 2.66. The average Bonchev–Trinajstić information content (AvgIpc) is 2.97. The third-order valence-corrected chi connectivity index (χ3v) is 3.90. The van der Waals surface area contributed by atoms with Crippen LogP contribution in [0.5, 0.6) is 0 Å². The Labute approximate surface area is 111 Å². The predicted octanol–water partition coefficient (Wildman–Crippen LogP) is 2.64. The Morgan fingerprint density at radius 2 is 2.22 bits per heavy atom. The molecular weight excluding hydrogens is 244 g/mol. The second-order valence-corrected chi connectivity index (χ2v) is 5.21. The van der Waals surface area contributed by atoms with E-state index in [1.807, 2.05) is 12.4 Å². The highest BCUT2D eigenvalue weighted by Crippen LogP contribution is 2.09. The van der Waals surface area contributed by atoms with Gasteiger partial charge in [0.2, 0.25) is 5.91 Å². The van der Waals surface area contributed by atoms with E-state index in [4.69, 9.17) is 0 Å². The van der Waals surface area contributed by atoms with E-state index in [0.717, 1.165) is 12.1 Å². The zero-order valence-electron chi connectivity index (χ0n) is 10.8. The summed E-state index contributed by atoms with van der Waals surface area (Å²) >= 11 is 1.67. The van der Waals surface area contributed by atoms with Crippen molar-refractivity contribution in [2.75, 3.05) is 0 Å². The monoisotopic (exact) mass is 262 g/mol. The van der Waals surface area contributed by atoms with Crippen LogP contribution in [0.3, 0.4) is 0 Å². The first-order chi connectivity index (χ1) is 8.66. The molecule has 18 heavy (non-hydrogen) atoms. The van der Waals surface area contributed by atoms with Crippen molar-refractivity contribution in [3.8, 4) is 0 Å². The Hall–Kier alpha value is -1.55. The number of hydrogen-bond donors (Lipinski definition) is 1. The maximum Gasteiger partial charge on any atom is 0.220 e. The Morgan fingerprint density at radius 1 is 1.39 bits per heavy atom. The number of amides is 1. The van der Waals surface area contributed by atoms with Crippen molar-refractivity contribution in [3.63, 3.8) is 0 Å². The summed E-state index contributed by atoms with van der Waals surface area (Å²) in [6.07, 6.45) is 1.38. The molecule has 2 aromatic rings. The zero-order chi connectivity index (χ0) is 13.0. The summed E-state index contributed by atoms with van der Waals surface area (Å²) in [6, 6.07) is 6.18. The largest absolute Gasteiger partial charge is 0.351 e. The summed E-state index contributed by atoms with van der Waals surface area (Å²) in [4.78, 5) is 11.7. The van der Waals surface area contributed by atoms with Gasteiger partial charge in [-0.15, -0.1) is 0 Å². The van der Waals surface area contributed by atoms with Crippen LogP contribution in [0, 0.1) is 6.92 Å². The van der Waals surface area contributed by atoms with Crippen LogP contribution in [0.2, 0.25) is 0 Å². The third-order valence-electron chi connectivity index (χ3n) is 3.16. The lowest BCUT2D eigenvalue weighted by Gasteiger charge is -2.07. The molecule has 0 aliphatic heterocycles. The molecule has 0 aliphatic carbocycles. The molecule has 0 radical (unpaired) electrons. The summed E-state index contributed by atoms with van der Waals surface area (Å²) in [5.41, 5.74) is 3.58. The van der Waals surface area contributed by atoms with Crippen LogP contribution < -0.4 is 5.32 Å². The van der Waals surface area contributed by atoms with E-state index >= 15 is 0 Å². The number of carbonyl (C=O) groups excluding carboxylic acids is 1. The summed E-state index contributed by atoms with van der Waals surface area (Å²) in [5, 5.41) is 7.09. The molecule has 96 valence electrons. The summed E-state index contributed by atoms with van der Waals surface area (Å²) < 4.78 is 2.10. The number of aryl methyl sites for hydroxylation is 2. The average molecular weight is 262 g/mol. The summed E-state index contributed by atoms with van der Waals surface area (Å²) in [7, 11) is 2.02. The van der Waals surface area contributed by atoms with Gasteiger partial charge in [-0.2, -0.15) is 11.3 Å². The lowest BCUT2D eigenvalue weighted by molar-refractivity contribution is -0.121. The number of rotatable bonds is 5. The van der Waals surface area contributed by atoms with Crippen molar-refractivity contribution in [1.29, 1.82) is 0 Å². The fourth-order valence-corrected chi connectivity index (χ4v) is 2.52. The second-order valence-electron chi connectivity index (χ2n) is 4.43. The third kappa shape index (κ3) is 3.23. The molecule has 1 N–H and O–H groups in total. The minimum atomic E-state index is 0.111. The first-order valence-electron chi connectivity index (χ1n) is 6.06. The highest BCUT2D eigenvalue weighted by molar-refractivity contribution is 7.07. The van der Waals surface area contributed by atoms with E-state index < -0.39 is 0 Å². The lowest BCUT2D eigenvalue weighted by atomic mass is 10.2. The predicted molar refractivity (Wildman–Crippen MR) is 74.6 cm³/mol. The number of thiophene rings is 1. The van der Waals surface area contributed by atoms with Crippen LogP contribution in [-0.4, -0.2) is 10.5 Å². The number of carbonyl (C=O) groups is 1. The number of aromatic nitrogens is 1. The Morgan fingerprint density at radius 3 is 2.83 bits per heavy atom. The molecule has 0 atom stereocenters. The number of nitrogens with zero attached hydrogens (tertiary/aromatic N) is 1. The normalized spacial score (nSPS) is 10.6. The van der Waals surface area contributed by atoms with Gasteiger partial charge >= 0.3 is 0 Å². The maximum absolute atomic E-state index is 11.7. The molecule has 0 saturated heterocycles. The van der Waals surface area contributed by atoms with Gasteiger partial charge < -0.3 is 9.88 Å². The summed E-state index contributed by atoms with van der Waals surface area (Å²) in [5.74, 6) is 0.111. The first kappa shape index (κ1) is 12.9. The maximum atomic E-state index is 11.7. The molecule has 4 heteroatoms. The fraction of sp³-hybridized carbons (Fsp3) is 0.357. The molecule has 0 aliphatic rings. The molecule has 0 aromatic carbocycles. The van der Waals surface area contributed by atoms with Crippen LogP contribution in [0.25, 0.3) is 0 Å². The molecule has 0 bridgehead atoms. The van der Waals surface area contributed by atoms with Crippen molar-refractivity contribution in [2.45, 2.75) is 26.3 Å². The molecule has 0 unspecified atom stereocenters. The van der Waals surface area contributed by atoms with E-state index in [2.05, 4.69) is 40.4 Å². The molecular formula is C14H18N2OS. The van der Waals surface area contributed by atoms with E-state index in [-0.39, 0.29) is 5.91 Å². The Balaban J connectivity index is 1.76. The molecule has 0 spiro atoms. The van der Waals surface area contributed by atoms with Gasteiger partial charge in [0.15, 0.2) is 0 Å². The van der Waals surface area contributed by atoms with Gasteiger partial charge in [-0.3, -0.25) is 4.79 Å². The van der Waals surface area contributed by atoms with Crippen LogP contribution in [0.1, 0.15) is 23.4 Å². The second kappa shape index (κ2) is 5.87. The van der Waals surface area contributed by atoms with Crippen molar-refractivity contribution < 1.29 is 4.79 Å². The SMILES string of the molecule is Cc1ccc(CNC(=O)CCc2ccsc2)n1C. The molecule has 3 nitrogen and oxygen atoms in total. The smallest absolute Gasteiger partial charge is 0.220 e. The number of nitrogens with one attached hydrogen (secondary N) is 1.